The van der Waals surface area contributed by atoms with Gasteiger partial charge >= 0.3 is 5.97 Å². The highest BCUT2D eigenvalue weighted by molar-refractivity contribution is 9.10. The number of ketones is 1. The molecule has 0 saturated carbocycles. The predicted molar refractivity (Wildman–Crippen MR) is 99.6 cm³/mol. The molecule has 3 aromatic carbocycles. The average molecular weight is 395 g/mol. The Balaban J connectivity index is 1.67. The van der Waals surface area contributed by atoms with Gasteiger partial charge in [0, 0.05) is 21.2 Å². The van der Waals surface area contributed by atoms with Gasteiger partial charge in [0.1, 0.15) is 6.61 Å². The maximum atomic E-state index is 12.4. The molecule has 0 aliphatic carbocycles. The van der Waals surface area contributed by atoms with E-state index >= 15 is 0 Å². The molecule has 3 rings (SSSR count). The summed E-state index contributed by atoms with van der Waals surface area (Å²) in [6.45, 7) is 0.185. The van der Waals surface area contributed by atoms with Crippen LogP contribution in [0.2, 0.25) is 0 Å². The second kappa shape index (κ2) is 7.90. The van der Waals surface area contributed by atoms with Crippen molar-refractivity contribution in [3.05, 3.63) is 106 Å². The fourth-order valence-corrected chi connectivity index (χ4v) is 2.76. The van der Waals surface area contributed by atoms with Gasteiger partial charge in [0.15, 0.2) is 5.78 Å². The fraction of sp³-hybridized carbons (Fsp3) is 0.0476. The van der Waals surface area contributed by atoms with Gasteiger partial charge in [-0.3, -0.25) is 4.79 Å². The van der Waals surface area contributed by atoms with Gasteiger partial charge in [-0.15, -0.1) is 0 Å². The first-order chi connectivity index (χ1) is 12.1. The van der Waals surface area contributed by atoms with Crippen LogP contribution >= 0.6 is 15.9 Å². The molecule has 25 heavy (non-hydrogen) atoms. The number of esters is 1. The van der Waals surface area contributed by atoms with E-state index in [0.717, 1.165) is 10.0 Å². The molecule has 0 heterocycles. The van der Waals surface area contributed by atoms with Crippen LogP contribution in [-0.2, 0) is 11.3 Å². The first kappa shape index (κ1) is 17.1. The maximum Gasteiger partial charge on any atom is 0.338 e. The van der Waals surface area contributed by atoms with Gasteiger partial charge in [0.25, 0.3) is 0 Å². The van der Waals surface area contributed by atoms with Crippen LogP contribution in [0.5, 0.6) is 0 Å². The number of rotatable bonds is 5. The van der Waals surface area contributed by atoms with Gasteiger partial charge in [0.05, 0.1) is 5.56 Å². The van der Waals surface area contributed by atoms with Gasteiger partial charge in [-0.1, -0.05) is 76.6 Å². The molecule has 0 saturated heterocycles. The molecule has 0 fully saturated rings. The number of hydrogen-bond acceptors (Lipinski definition) is 3. The highest BCUT2D eigenvalue weighted by Gasteiger charge is 2.12. The minimum absolute atomic E-state index is 0.0752. The zero-order chi connectivity index (χ0) is 17.6. The molecule has 0 radical (unpaired) electrons. The van der Waals surface area contributed by atoms with Crippen molar-refractivity contribution in [3.63, 3.8) is 0 Å². The second-order valence-corrected chi connectivity index (χ2v) is 6.29. The molecule has 0 bridgehead atoms. The van der Waals surface area contributed by atoms with Gasteiger partial charge in [-0.25, -0.2) is 4.79 Å². The highest BCUT2D eigenvalue weighted by Crippen LogP contribution is 2.18. The molecule has 0 unspecified atom stereocenters. The van der Waals surface area contributed by atoms with Crippen LogP contribution in [-0.4, -0.2) is 11.8 Å². The molecule has 3 aromatic rings. The van der Waals surface area contributed by atoms with Crippen molar-refractivity contribution in [1.82, 2.24) is 0 Å². The number of carbonyl (C=O) groups is 2. The third-order valence-electron chi connectivity index (χ3n) is 3.74. The molecule has 0 amide bonds. The lowest BCUT2D eigenvalue weighted by Gasteiger charge is -2.07. The third kappa shape index (κ3) is 4.22. The van der Waals surface area contributed by atoms with Crippen LogP contribution in [0.25, 0.3) is 0 Å². The number of carbonyl (C=O) groups excluding carboxylic acids is 2. The molecule has 3 nitrogen and oxygen atoms in total. The van der Waals surface area contributed by atoms with Crippen molar-refractivity contribution in [1.29, 1.82) is 0 Å². The Morgan fingerprint density at radius 3 is 1.96 bits per heavy atom. The predicted octanol–water partition coefficient (Wildman–Crippen LogP) is 5.04. The molecular formula is C21H15BrO3. The van der Waals surface area contributed by atoms with Crippen molar-refractivity contribution in [2.45, 2.75) is 6.61 Å². The molecule has 0 N–H and O–H groups in total. The Bertz CT molecular complexity index is 887. The summed E-state index contributed by atoms with van der Waals surface area (Å²) in [7, 11) is 0. The quantitative estimate of drug-likeness (QED) is 0.449. The van der Waals surface area contributed by atoms with Crippen molar-refractivity contribution < 1.29 is 14.3 Å². The fourth-order valence-electron chi connectivity index (χ4n) is 2.36. The first-order valence-corrected chi connectivity index (χ1v) is 8.55. The minimum Gasteiger partial charge on any atom is -0.457 e. The summed E-state index contributed by atoms with van der Waals surface area (Å²) in [6, 6.07) is 23.1. The Morgan fingerprint density at radius 2 is 1.28 bits per heavy atom. The second-order valence-electron chi connectivity index (χ2n) is 5.44. The van der Waals surface area contributed by atoms with E-state index in [2.05, 4.69) is 15.9 Å². The standard InChI is InChI=1S/C21H15BrO3/c22-19-9-5-4-8-18(19)14-25-21(24)17-12-10-16(11-13-17)20(23)15-6-2-1-3-7-15/h1-13H,14H2. The summed E-state index contributed by atoms with van der Waals surface area (Å²) >= 11 is 3.42. The Kier molecular flexibility index (Phi) is 5.41. The molecule has 0 aliphatic heterocycles. The number of hydrogen-bond donors (Lipinski definition) is 0. The molecule has 0 aliphatic rings. The van der Waals surface area contributed by atoms with Crippen LogP contribution in [0.1, 0.15) is 31.8 Å². The molecule has 4 heteroatoms. The monoisotopic (exact) mass is 394 g/mol. The van der Waals surface area contributed by atoms with Crippen LogP contribution in [0.4, 0.5) is 0 Å². The summed E-state index contributed by atoms with van der Waals surface area (Å²) in [6.07, 6.45) is 0. The first-order valence-electron chi connectivity index (χ1n) is 7.75. The molecule has 124 valence electrons. The van der Waals surface area contributed by atoms with E-state index in [1.54, 1.807) is 36.4 Å². The van der Waals surface area contributed by atoms with Crippen molar-refractivity contribution >= 4 is 27.7 Å². The van der Waals surface area contributed by atoms with E-state index in [1.807, 2.05) is 42.5 Å². The van der Waals surface area contributed by atoms with Gasteiger partial charge in [0.2, 0.25) is 0 Å². The minimum atomic E-state index is -0.422. The van der Waals surface area contributed by atoms with Gasteiger partial charge < -0.3 is 4.74 Å². The highest BCUT2D eigenvalue weighted by atomic mass is 79.9. The largest absolute Gasteiger partial charge is 0.457 e. The van der Waals surface area contributed by atoms with Gasteiger partial charge in [-0.05, 0) is 18.2 Å². The van der Waals surface area contributed by atoms with Crippen LogP contribution in [0, 0.1) is 0 Å². The van der Waals surface area contributed by atoms with Crippen LogP contribution in [0.15, 0.2) is 83.3 Å². The Labute approximate surface area is 154 Å². The SMILES string of the molecule is O=C(OCc1ccccc1Br)c1ccc(C(=O)c2ccccc2)cc1. The number of benzene rings is 3. The third-order valence-corrected chi connectivity index (χ3v) is 4.51. The summed E-state index contributed by atoms with van der Waals surface area (Å²) < 4.78 is 6.22. The zero-order valence-electron chi connectivity index (χ0n) is 13.3. The van der Waals surface area contributed by atoms with E-state index in [4.69, 9.17) is 4.74 Å². The lowest BCUT2D eigenvalue weighted by Crippen LogP contribution is -2.07. The zero-order valence-corrected chi connectivity index (χ0v) is 14.9. The average Bonchev–Trinajstić information content (AvgIpc) is 2.67. The van der Waals surface area contributed by atoms with E-state index in [0.29, 0.717) is 16.7 Å². The Morgan fingerprint density at radius 1 is 0.720 bits per heavy atom. The topological polar surface area (TPSA) is 43.4 Å². The smallest absolute Gasteiger partial charge is 0.338 e. The van der Waals surface area contributed by atoms with Crippen molar-refractivity contribution in [2.75, 3.05) is 0 Å². The molecule has 0 spiro atoms. The normalized spacial score (nSPS) is 10.3. The lowest BCUT2D eigenvalue weighted by molar-refractivity contribution is 0.0471. The molecule has 0 atom stereocenters. The molecular weight excluding hydrogens is 380 g/mol. The number of halogens is 1. The number of ether oxygens (including phenoxy) is 1. The summed E-state index contributed by atoms with van der Waals surface area (Å²) in [5, 5.41) is 0. The molecule has 0 aromatic heterocycles. The van der Waals surface area contributed by atoms with E-state index in [9.17, 15) is 9.59 Å². The summed E-state index contributed by atoms with van der Waals surface area (Å²) in [5.41, 5.74) is 2.46. The maximum absolute atomic E-state index is 12.4. The van der Waals surface area contributed by atoms with Gasteiger partial charge in [-0.2, -0.15) is 0 Å². The van der Waals surface area contributed by atoms with Crippen LogP contribution in [0.3, 0.4) is 0 Å². The summed E-state index contributed by atoms with van der Waals surface area (Å²) in [4.78, 5) is 24.5. The van der Waals surface area contributed by atoms with Crippen molar-refractivity contribution in [3.8, 4) is 0 Å². The summed E-state index contributed by atoms with van der Waals surface area (Å²) in [5.74, 6) is -0.497. The van der Waals surface area contributed by atoms with Crippen molar-refractivity contribution in [2.24, 2.45) is 0 Å². The van der Waals surface area contributed by atoms with E-state index in [-0.39, 0.29) is 12.4 Å². The Hall–Kier alpha value is -2.72. The lowest BCUT2D eigenvalue weighted by atomic mass is 10.0. The van der Waals surface area contributed by atoms with Crippen LogP contribution < -0.4 is 0 Å². The van der Waals surface area contributed by atoms with E-state index in [1.165, 1.54) is 0 Å². The van der Waals surface area contributed by atoms with E-state index < -0.39 is 5.97 Å².